The predicted octanol–water partition coefficient (Wildman–Crippen LogP) is 4.38. The highest BCUT2D eigenvalue weighted by molar-refractivity contribution is 5.82. The fourth-order valence-corrected chi connectivity index (χ4v) is 4.11. The van der Waals surface area contributed by atoms with Gasteiger partial charge in [-0.15, -0.1) is 0 Å². The third-order valence-electron chi connectivity index (χ3n) is 5.51. The molecule has 0 amide bonds. The highest BCUT2D eigenvalue weighted by Crippen LogP contribution is 2.34. The molecule has 0 saturated carbocycles. The molecule has 0 atom stereocenters. The first-order valence-corrected chi connectivity index (χ1v) is 9.45. The molecule has 1 N–H and O–H groups in total. The van der Waals surface area contributed by atoms with Gasteiger partial charge in [0.2, 0.25) is 0 Å². The molecule has 134 valence electrons. The van der Waals surface area contributed by atoms with Crippen LogP contribution in [0.4, 0.5) is 0 Å². The number of nitrogens with zero attached hydrogens (tertiary/aromatic N) is 1. The number of ether oxygens (including phenoxy) is 1. The Kier molecular flexibility index (Phi) is 5.00. The summed E-state index contributed by atoms with van der Waals surface area (Å²) >= 11 is 0. The quantitative estimate of drug-likeness (QED) is 0.744. The van der Waals surface area contributed by atoms with Crippen LogP contribution in [-0.2, 0) is 16.8 Å². The van der Waals surface area contributed by atoms with Crippen molar-refractivity contribution in [2.75, 3.05) is 19.7 Å². The zero-order valence-electron chi connectivity index (χ0n) is 15.4. The van der Waals surface area contributed by atoms with Gasteiger partial charge >= 0.3 is 0 Å². The van der Waals surface area contributed by atoms with Crippen LogP contribution >= 0.6 is 0 Å². The minimum absolute atomic E-state index is 0.111. The number of fused-ring (bicyclic) bond motifs is 1. The Morgan fingerprint density at radius 2 is 1.85 bits per heavy atom. The van der Waals surface area contributed by atoms with Gasteiger partial charge in [0.05, 0.1) is 18.7 Å². The summed E-state index contributed by atoms with van der Waals surface area (Å²) in [5.74, 6) is 0. The van der Waals surface area contributed by atoms with Gasteiger partial charge in [-0.25, -0.2) is 0 Å². The Balaban J connectivity index is 1.54. The van der Waals surface area contributed by atoms with Crippen LogP contribution in [0.25, 0.3) is 10.9 Å². The molecule has 4 rings (SSSR count). The summed E-state index contributed by atoms with van der Waals surface area (Å²) in [6, 6.07) is 19.4. The molecule has 0 radical (unpaired) electrons. The van der Waals surface area contributed by atoms with E-state index < -0.39 is 0 Å². The first-order chi connectivity index (χ1) is 12.8. The molecule has 1 saturated heterocycles. The maximum atomic E-state index is 6.31. The van der Waals surface area contributed by atoms with E-state index in [0.29, 0.717) is 6.61 Å². The van der Waals surface area contributed by atoms with Crippen molar-refractivity contribution >= 4 is 10.9 Å². The number of nitrogens with one attached hydrogen (secondary N) is 1. The van der Waals surface area contributed by atoms with E-state index in [1.807, 2.05) is 12.3 Å². The molecular weight excluding hydrogens is 320 g/mol. The van der Waals surface area contributed by atoms with E-state index in [9.17, 15) is 0 Å². The van der Waals surface area contributed by atoms with Crippen LogP contribution in [-0.4, -0.2) is 24.7 Å². The lowest BCUT2D eigenvalue weighted by atomic mass is 9.74. The summed E-state index contributed by atoms with van der Waals surface area (Å²) < 4.78 is 6.31. The van der Waals surface area contributed by atoms with Gasteiger partial charge in [-0.1, -0.05) is 48.0 Å². The Morgan fingerprint density at radius 3 is 2.65 bits per heavy atom. The Morgan fingerprint density at radius 1 is 1.04 bits per heavy atom. The minimum atomic E-state index is 0.111. The van der Waals surface area contributed by atoms with Crippen LogP contribution in [0.1, 0.15) is 29.5 Å². The molecule has 2 heterocycles. The molecule has 1 fully saturated rings. The number of hydrogen-bond donors (Lipinski definition) is 1. The number of aromatic nitrogens is 1. The van der Waals surface area contributed by atoms with E-state index >= 15 is 0 Å². The molecule has 3 heteroatoms. The van der Waals surface area contributed by atoms with E-state index in [1.165, 1.54) is 22.1 Å². The van der Waals surface area contributed by atoms with Crippen molar-refractivity contribution in [2.24, 2.45) is 0 Å². The molecule has 3 aromatic rings. The first kappa shape index (κ1) is 17.2. The molecule has 1 aliphatic heterocycles. The molecule has 0 unspecified atom stereocenters. The molecule has 1 aliphatic rings. The number of piperidine rings is 1. The van der Waals surface area contributed by atoms with E-state index in [2.05, 4.69) is 65.8 Å². The van der Waals surface area contributed by atoms with Crippen molar-refractivity contribution in [3.05, 3.63) is 77.5 Å². The third kappa shape index (κ3) is 3.50. The average Bonchev–Trinajstić information content (AvgIpc) is 2.69. The Bertz CT molecular complexity index is 870. The number of aryl methyl sites for hydroxylation is 1. The topological polar surface area (TPSA) is 34.1 Å². The SMILES string of the molecule is Cc1cc(COCC2(c3ccccc3)CCNCC2)c2ncccc2c1. The summed E-state index contributed by atoms with van der Waals surface area (Å²) in [5.41, 5.74) is 4.99. The van der Waals surface area contributed by atoms with Gasteiger partial charge in [0.15, 0.2) is 0 Å². The lowest BCUT2D eigenvalue weighted by molar-refractivity contribution is 0.0570. The molecule has 26 heavy (non-hydrogen) atoms. The number of rotatable bonds is 5. The summed E-state index contributed by atoms with van der Waals surface area (Å²) in [6.45, 7) is 5.59. The minimum Gasteiger partial charge on any atom is -0.376 e. The van der Waals surface area contributed by atoms with E-state index in [4.69, 9.17) is 4.74 Å². The maximum Gasteiger partial charge on any atom is 0.0757 e. The van der Waals surface area contributed by atoms with Crippen LogP contribution in [0.3, 0.4) is 0 Å². The van der Waals surface area contributed by atoms with Crippen molar-refractivity contribution in [3.63, 3.8) is 0 Å². The van der Waals surface area contributed by atoms with Gasteiger partial charge in [0.25, 0.3) is 0 Å². The monoisotopic (exact) mass is 346 g/mol. The highest BCUT2D eigenvalue weighted by atomic mass is 16.5. The second-order valence-corrected chi connectivity index (χ2v) is 7.39. The van der Waals surface area contributed by atoms with Gasteiger partial charge < -0.3 is 10.1 Å². The second kappa shape index (κ2) is 7.56. The zero-order chi connectivity index (χ0) is 17.8. The van der Waals surface area contributed by atoms with Crippen molar-refractivity contribution in [1.82, 2.24) is 10.3 Å². The number of pyridine rings is 1. The molecule has 1 aromatic heterocycles. The smallest absolute Gasteiger partial charge is 0.0757 e. The molecule has 3 nitrogen and oxygen atoms in total. The molecular formula is C23H26N2O. The van der Waals surface area contributed by atoms with Crippen molar-refractivity contribution in [3.8, 4) is 0 Å². The number of hydrogen-bond acceptors (Lipinski definition) is 3. The van der Waals surface area contributed by atoms with Crippen LogP contribution < -0.4 is 5.32 Å². The predicted molar refractivity (Wildman–Crippen MR) is 106 cm³/mol. The largest absolute Gasteiger partial charge is 0.376 e. The van der Waals surface area contributed by atoms with Crippen LogP contribution in [0, 0.1) is 6.92 Å². The van der Waals surface area contributed by atoms with Gasteiger partial charge in [-0.2, -0.15) is 0 Å². The fourth-order valence-electron chi connectivity index (χ4n) is 4.11. The summed E-state index contributed by atoms with van der Waals surface area (Å²) in [4.78, 5) is 4.57. The van der Waals surface area contributed by atoms with Crippen LogP contribution in [0.2, 0.25) is 0 Å². The standard InChI is InChI=1S/C23H26N2O/c1-18-14-19-6-5-11-25-22(19)20(15-18)16-26-17-23(9-12-24-13-10-23)21-7-3-2-4-8-21/h2-8,11,14-15,24H,9-10,12-13,16-17H2,1H3. The van der Waals surface area contributed by atoms with Crippen LogP contribution in [0.5, 0.6) is 0 Å². The van der Waals surface area contributed by atoms with Crippen molar-refractivity contribution in [2.45, 2.75) is 31.8 Å². The van der Waals surface area contributed by atoms with Crippen LogP contribution in [0.15, 0.2) is 60.8 Å². The van der Waals surface area contributed by atoms with Gasteiger partial charge in [-0.05, 0) is 50.6 Å². The second-order valence-electron chi connectivity index (χ2n) is 7.39. The van der Waals surface area contributed by atoms with E-state index in [-0.39, 0.29) is 5.41 Å². The molecule has 0 spiro atoms. The normalized spacial score (nSPS) is 16.7. The average molecular weight is 346 g/mol. The summed E-state index contributed by atoms with van der Waals surface area (Å²) in [5, 5.41) is 4.67. The van der Waals surface area contributed by atoms with Crippen molar-refractivity contribution < 1.29 is 4.74 Å². The Hall–Kier alpha value is -2.23. The number of benzene rings is 2. The molecule has 0 aliphatic carbocycles. The summed E-state index contributed by atoms with van der Waals surface area (Å²) in [6.07, 6.45) is 4.09. The third-order valence-corrected chi connectivity index (χ3v) is 5.51. The molecule has 2 aromatic carbocycles. The lowest BCUT2D eigenvalue weighted by Crippen LogP contribution is -2.43. The molecule has 0 bridgehead atoms. The van der Waals surface area contributed by atoms with E-state index in [1.54, 1.807) is 0 Å². The van der Waals surface area contributed by atoms with Gasteiger partial charge in [-0.3, -0.25) is 4.98 Å². The maximum absolute atomic E-state index is 6.31. The van der Waals surface area contributed by atoms with Gasteiger partial charge in [0.1, 0.15) is 0 Å². The zero-order valence-corrected chi connectivity index (χ0v) is 15.4. The first-order valence-electron chi connectivity index (χ1n) is 9.45. The summed E-state index contributed by atoms with van der Waals surface area (Å²) in [7, 11) is 0. The van der Waals surface area contributed by atoms with Gasteiger partial charge in [0, 0.05) is 22.6 Å². The Labute approximate surface area is 155 Å². The van der Waals surface area contributed by atoms with E-state index in [0.717, 1.165) is 38.1 Å². The highest BCUT2D eigenvalue weighted by Gasteiger charge is 2.34. The fraction of sp³-hybridized carbons (Fsp3) is 0.348. The van der Waals surface area contributed by atoms with Crippen molar-refractivity contribution in [1.29, 1.82) is 0 Å². The lowest BCUT2D eigenvalue weighted by Gasteiger charge is -2.38.